The molecule has 0 bridgehead atoms. The molecule has 1 saturated heterocycles. The topological polar surface area (TPSA) is 59.0 Å². The Morgan fingerprint density at radius 1 is 1.35 bits per heavy atom. The molecule has 1 aliphatic rings. The van der Waals surface area contributed by atoms with E-state index in [1.165, 1.54) is 12.1 Å². The SMILES string of the molecule is Cl.O=C(Cn1c(C(F)(F)F)nc2ccccc21)NCC1CNC1. The minimum atomic E-state index is -4.60. The van der Waals surface area contributed by atoms with Gasteiger partial charge >= 0.3 is 6.18 Å². The molecule has 0 radical (unpaired) electrons. The van der Waals surface area contributed by atoms with E-state index in [0.717, 1.165) is 17.7 Å². The molecule has 1 aromatic carbocycles. The summed E-state index contributed by atoms with van der Waals surface area (Å²) in [6.07, 6.45) is -4.60. The Kier molecular flexibility index (Phi) is 5.16. The number of carbonyl (C=O) groups excluding carboxylic acids is 1. The van der Waals surface area contributed by atoms with Gasteiger partial charge in [-0.15, -0.1) is 12.4 Å². The van der Waals surface area contributed by atoms with Crippen molar-refractivity contribution in [1.29, 1.82) is 0 Å². The first-order chi connectivity index (χ1) is 10.4. The van der Waals surface area contributed by atoms with E-state index < -0.39 is 24.5 Å². The highest BCUT2D eigenvalue weighted by Crippen LogP contribution is 2.31. The molecule has 2 heterocycles. The molecule has 1 amide bonds. The van der Waals surface area contributed by atoms with Crippen molar-refractivity contribution in [3.05, 3.63) is 30.1 Å². The van der Waals surface area contributed by atoms with Crippen LogP contribution in [0.3, 0.4) is 0 Å². The zero-order valence-corrected chi connectivity index (χ0v) is 12.9. The number of nitrogens with one attached hydrogen (secondary N) is 2. The molecule has 0 saturated carbocycles. The first kappa shape index (κ1) is 17.6. The number of amides is 1. The fourth-order valence-corrected chi connectivity index (χ4v) is 2.40. The number of aromatic nitrogens is 2. The molecule has 1 aromatic heterocycles. The fourth-order valence-electron chi connectivity index (χ4n) is 2.40. The Hall–Kier alpha value is -1.80. The summed E-state index contributed by atoms with van der Waals surface area (Å²) in [4.78, 5) is 15.5. The van der Waals surface area contributed by atoms with E-state index in [9.17, 15) is 18.0 Å². The third kappa shape index (κ3) is 3.76. The van der Waals surface area contributed by atoms with E-state index in [1.54, 1.807) is 12.1 Å². The summed E-state index contributed by atoms with van der Waals surface area (Å²) in [7, 11) is 0. The Bertz CT molecular complexity index is 697. The number of alkyl halides is 3. The van der Waals surface area contributed by atoms with Crippen LogP contribution in [0, 0.1) is 5.92 Å². The Balaban J connectivity index is 0.00000192. The van der Waals surface area contributed by atoms with Gasteiger partial charge in [-0.1, -0.05) is 12.1 Å². The Morgan fingerprint density at radius 3 is 2.65 bits per heavy atom. The number of benzene rings is 1. The highest BCUT2D eigenvalue weighted by atomic mass is 35.5. The lowest BCUT2D eigenvalue weighted by Gasteiger charge is -2.27. The van der Waals surface area contributed by atoms with Gasteiger partial charge in [-0.25, -0.2) is 4.98 Å². The van der Waals surface area contributed by atoms with Crippen molar-refractivity contribution in [3.8, 4) is 0 Å². The van der Waals surface area contributed by atoms with Crippen LogP contribution in [0.1, 0.15) is 5.82 Å². The van der Waals surface area contributed by atoms with E-state index >= 15 is 0 Å². The molecule has 9 heteroatoms. The molecule has 2 aromatic rings. The Labute approximate surface area is 136 Å². The maximum atomic E-state index is 13.1. The largest absolute Gasteiger partial charge is 0.449 e. The number of rotatable bonds is 4. The van der Waals surface area contributed by atoms with Gasteiger partial charge in [-0.2, -0.15) is 13.2 Å². The van der Waals surface area contributed by atoms with Gasteiger partial charge in [0.1, 0.15) is 6.54 Å². The maximum Gasteiger partial charge on any atom is 0.449 e. The highest BCUT2D eigenvalue weighted by Gasteiger charge is 2.38. The summed E-state index contributed by atoms with van der Waals surface area (Å²) in [5.74, 6) is -1.14. The molecule has 23 heavy (non-hydrogen) atoms. The lowest BCUT2D eigenvalue weighted by atomic mass is 10.0. The second-order valence-electron chi connectivity index (χ2n) is 5.34. The van der Waals surface area contributed by atoms with Gasteiger partial charge < -0.3 is 15.2 Å². The third-order valence-corrected chi connectivity index (χ3v) is 3.66. The van der Waals surface area contributed by atoms with Crippen molar-refractivity contribution < 1.29 is 18.0 Å². The molecule has 5 nitrogen and oxygen atoms in total. The van der Waals surface area contributed by atoms with Crippen molar-refractivity contribution in [3.63, 3.8) is 0 Å². The van der Waals surface area contributed by atoms with E-state index in [2.05, 4.69) is 15.6 Å². The summed E-state index contributed by atoms with van der Waals surface area (Å²) < 4.78 is 40.2. The zero-order valence-electron chi connectivity index (χ0n) is 12.1. The number of hydrogen-bond acceptors (Lipinski definition) is 3. The summed E-state index contributed by atoms with van der Waals surface area (Å²) >= 11 is 0. The lowest BCUT2D eigenvalue weighted by Crippen LogP contribution is -2.48. The number of imidazole rings is 1. The van der Waals surface area contributed by atoms with Crippen molar-refractivity contribution in [1.82, 2.24) is 20.2 Å². The number of nitrogens with zero attached hydrogens (tertiary/aromatic N) is 2. The monoisotopic (exact) mass is 348 g/mol. The summed E-state index contributed by atoms with van der Waals surface area (Å²) in [5.41, 5.74) is 0.529. The fraction of sp³-hybridized carbons (Fsp3) is 0.429. The van der Waals surface area contributed by atoms with Gasteiger partial charge in [-0.05, 0) is 12.1 Å². The molecule has 0 spiro atoms. The van der Waals surface area contributed by atoms with E-state index in [4.69, 9.17) is 0 Å². The summed E-state index contributed by atoms with van der Waals surface area (Å²) in [5, 5.41) is 5.74. The van der Waals surface area contributed by atoms with Gasteiger partial charge in [0.15, 0.2) is 0 Å². The minimum absolute atomic E-state index is 0. The normalized spacial score (nSPS) is 15.1. The van der Waals surface area contributed by atoms with Gasteiger partial charge in [0.25, 0.3) is 0 Å². The molecule has 0 unspecified atom stereocenters. The smallest absolute Gasteiger partial charge is 0.354 e. The van der Waals surface area contributed by atoms with Crippen molar-refractivity contribution in [2.75, 3.05) is 19.6 Å². The first-order valence-electron chi connectivity index (χ1n) is 6.95. The van der Waals surface area contributed by atoms with Crippen LogP contribution in [-0.2, 0) is 17.5 Å². The molecule has 126 valence electrons. The third-order valence-electron chi connectivity index (χ3n) is 3.66. The summed E-state index contributed by atoms with van der Waals surface area (Å²) in [6, 6.07) is 6.27. The lowest BCUT2D eigenvalue weighted by molar-refractivity contribution is -0.147. The predicted molar refractivity (Wildman–Crippen MR) is 81.4 cm³/mol. The molecular weight excluding hydrogens is 333 g/mol. The number of carbonyl (C=O) groups is 1. The summed E-state index contributed by atoms with van der Waals surface area (Å²) in [6.45, 7) is 1.72. The number of halogens is 4. The number of fused-ring (bicyclic) bond motifs is 1. The standard InChI is InChI=1S/C14H15F3N4O.ClH/c15-14(16,17)13-20-10-3-1-2-4-11(10)21(13)8-12(22)19-7-9-5-18-6-9;/h1-4,9,18H,5-8H2,(H,19,22);1H. The van der Waals surface area contributed by atoms with Crippen LogP contribution in [0.15, 0.2) is 24.3 Å². The van der Waals surface area contributed by atoms with Crippen LogP contribution in [-0.4, -0.2) is 35.1 Å². The van der Waals surface area contributed by atoms with Gasteiger partial charge in [0, 0.05) is 25.6 Å². The molecule has 0 aliphatic carbocycles. The number of hydrogen-bond donors (Lipinski definition) is 2. The van der Waals surface area contributed by atoms with E-state index in [1.807, 2.05) is 0 Å². The molecule has 2 N–H and O–H groups in total. The Morgan fingerprint density at radius 2 is 2.04 bits per heavy atom. The molecule has 3 rings (SSSR count). The van der Waals surface area contributed by atoms with Crippen LogP contribution in [0.2, 0.25) is 0 Å². The minimum Gasteiger partial charge on any atom is -0.354 e. The molecule has 1 fully saturated rings. The van der Waals surface area contributed by atoms with E-state index in [0.29, 0.717) is 18.0 Å². The predicted octanol–water partition coefficient (Wildman–Crippen LogP) is 1.81. The average molecular weight is 349 g/mol. The first-order valence-corrected chi connectivity index (χ1v) is 6.95. The van der Waals surface area contributed by atoms with Crippen LogP contribution < -0.4 is 10.6 Å². The van der Waals surface area contributed by atoms with Gasteiger partial charge in [-0.3, -0.25) is 4.79 Å². The average Bonchev–Trinajstić information content (AvgIpc) is 2.76. The van der Waals surface area contributed by atoms with Crippen LogP contribution in [0.5, 0.6) is 0 Å². The van der Waals surface area contributed by atoms with Crippen molar-refractivity contribution in [2.24, 2.45) is 5.92 Å². The van der Waals surface area contributed by atoms with Gasteiger partial charge in [0.2, 0.25) is 11.7 Å². The van der Waals surface area contributed by atoms with Crippen LogP contribution >= 0.6 is 12.4 Å². The van der Waals surface area contributed by atoms with Crippen molar-refractivity contribution >= 4 is 29.3 Å². The zero-order chi connectivity index (χ0) is 15.7. The molecule has 0 atom stereocenters. The van der Waals surface area contributed by atoms with Crippen LogP contribution in [0.4, 0.5) is 13.2 Å². The van der Waals surface area contributed by atoms with Gasteiger partial charge in [0.05, 0.1) is 11.0 Å². The number of para-hydroxylation sites is 2. The van der Waals surface area contributed by atoms with E-state index in [-0.39, 0.29) is 17.9 Å². The maximum absolute atomic E-state index is 13.1. The molecule has 1 aliphatic heterocycles. The molecular formula is C14H16ClF3N4O. The van der Waals surface area contributed by atoms with Crippen molar-refractivity contribution in [2.45, 2.75) is 12.7 Å². The second kappa shape index (κ2) is 6.76. The quantitative estimate of drug-likeness (QED) is 0.886. The van der Waals surface area contributed by atoms with Crippen LogP contribution in [0.25, 0.3) is 11.0 Å². The highest BCUT2D eigenvalue weighted by molar-refractivity contribution is 5.85. The second-order valence-corrected chi connectivity index (χ2v) is 5.34.